The maximum absolute atomic E-state index is 9.35. The monoisotopic (exact) mass is 387 g/mol. The summed E-state index contributed by atoms with van der Waals surface area (Å²) in [5.41, 5.74) is 9.27. The molecule has 0 saturated carbocycles. The van der Waals surface area contributed by atoms with Crippen molar-refractivity contribution in [3.8, 4) is 28.9 Å². The van der Waals surface area contributed by atoms with Gasteiger partial charge in [-0.05, 0) is 24.3 Å². The zero-order valence-corrected chi connectivity index (χ0v) is 14.9. The molecular weight excluding hydrogens is 378 g/mol. The van der Waals surface area contributed by atoms with Crippen LogP contribution < -0.4 is 5.73 Å². The van der Waals surface area contributed by atoms with Crippen LogP contribution in [0, 0.1) is 11.3 Å². The molecule has 0 unspecified atom stereocenters. The maximum Gasteiger partial charge on any atom is 0.248 e. The van der Waals surface area contributed by atoms with Crippen molar-refractivity contribution in [3.05, 3.63) is 53.3 Å². The van der Waals surface area contributed by atoms with E-state index in [1.54, 1.807) is 18.3 Å². The average Bonchev–Trinajstić information content (AvgIpc) is 3.34. The lowest BCUT2D eigenvalue weighted by molar-refractivity contribution is 0.616. The fourth-order valence-electron chi connectivity index (χ4n) is 3.01. The number of hydrogen-bond donors (Lipinski definition) is 2. The Morgan fingerprint density at radius 3 is 2.79 bits per heavy atom. The van der Waals surface area contributed by atoms with Gasteiger partial charge in [0.1, 0.15) is 17.3 Å². The minimum absolute atomic E-state index is 0.000933. The lowest BCUT2D eigenvalue weighted by Crippen LogP contribution is -2.03. The van der Waals surface area contributed by atoms with E-state index in [2.05, 4.69) is 25.1 Å². The lowest BCUT2D eigenvalue weighted by atomic mass is 10.1. The lowest BCUT2D eigenvalue weighted by Gasteiger charge is -2.08. The van der Waals surface area contributed by atoms with Crippen LogP contribution in [0.15, 0.2) is 47.0 Å². The van der Waals surface area contributed by atoms with Crippen molar-refractivity contribution in [2.75, 3.05) is 5.73 Å². The van der Waals surface area contributed by atoms with Crippen LogP contribution >= 0.6 is 11.6 Å². The maximum atomic E-state index is 9.35. The van der Waals surface area contributed by atoms with E-state index in [4.69, 9.17) is 21.8 Å². The van der Waals surface area contributed by atoms with Crippen molar-refractivity contribution in [2.24, 2.45) is 0 Å². The first-order valence-electron chi connectivity index (χ1n) is 8.20. The summed E-state index contributed by atoms with van der Waals surface area (Å²) < 4.78 is 5.84. The third kappa shape index (κ3) is 2.46. The van der Waals surface area contributed by atoms with Crippen LogP contribution in [0.25, 0.3) is 44.8 Å². The number of nitrogens with two attached hydrogens (primary N) is 1. The topological polar surface area (TPSA) is 130 Å². The zero-order chi connectivity index (χ0) is 19.3. The van der Waals surface area contributed by atoms with E-state index in [-0.39, 0.29) is 17.4 Å². The summed E-state index contributed by atoms with van der Waals surface area (Å²) in [4.78, 5) is 13.2. The van der Waals surface area contributed by atoms with Gasteiger partial charge in [0.15, 0.2) is 22.8 Å². The number of oxazole rings is 1. The van der Waals surface area contributed by atoms with Gasteiger partial charge in [-0.2, -0.15) is 10.4 Å². The van der Waals surface area contributed by atoms with E-state index >= 15 is 0 Å². The van der Waals surface area contributed by atoms with E-state index in [0.29, 0.717) is 38.6 Å². The van der Waals surface area contributed by atoms with Crippen LogP contribution in [0.3, 0.4) is 0 Å². The molecule has 5 rings (SSSR count). The molecule has 3 N–H and O–H groups in total. The Morgan fingerprint density at radius 1 is 1.11 bits per heavy atom. The summed E-state index contributed by atoms with van der Waals surface area (Å²) >= 11 is 6.37. The first-order chi connectivity index (χ1) is 13.6. The number of H-pyrrole nitrogens is 1. The van der Waals surface area contributed by atoms with Crippen molar-refractivity contribution >= 4 is 39.4 Å². The second kappa shape index (κ2) is 6.04. The Balaban J connectivity index is 1.81. The van der Waals surface area contributed by atoms with Gasteiger partial charge in [-0.1, -0.05) is 23.7 Å². The first-order valence-corrected chi connectivity index (χ1v) is 8.58. The normalized spacial score (nSPS) is 11.1. The van der Waals surface area contributed by atoms with Crippen molar-refractivity contribution < 1.29 is 4.42 Å². The summed E-state index contributed by atoms with van der Waals surface area (Å²) in [6.45, 7) is 0. The smallest absolute Gasteiger partial charge is 0.248 e. The molecule has 0 atom stereocenters. The zero-order valence-electron chi connectivity index (χ0n) is 14.1. The summed E-state index contributed by atoms with van der Waals surface area (Å²) in [6, 6.07) is 12.9. The fraction of sp³-hybridized carbons (Fsp3) is 0. The number of nitrogens with one attached hydrogen (secondary N) is 1. The van der Waals surface area contributed by atoms with Gasteiger partial charge < -0.3 is 10.2 Å². The van der Waals surface area contributed by atoms with E-state index in [1.165, 1.54) is 0 Å². The van der Waals surface area contributed by atoms with Crippen LogP contribution in [0.5, 0.6) is 0 Å². The number of nitrogen functional groups attached to an aromatic ring is 1. The first kappa shape index (κ1) is 16.2. The fourth-order valence-corrected chi connectivity index (χ4v) is 3.27. The molecule has 0 aliphatic carbocycles. The minimum atomic E-state index is -0.000933. The minimum Gasteiger partial charge on any atom is -0.435 e. The van der Waals surface area contributed by atoms with Gasteiger partial charge in [0.25, 0.3) is 0 Å². The van der Waals surface area contributed by atoms with Crippen molar-refractivity contribution in [1.29, 1.82) is 5.26 Å². The standard InChI is InChI=1S/C19H10ClN7O/c20-11-6-9(5-10-8-23-27-15(10)11)16-17(26-18(22)13(7-21)24-16)19-25-12-3-1-2-4-14(12)28-19/h1-6,8H,(H2,22,26)(H,23,27). The molecule has 3 aromatic heterocycles. The van der Waals surface area contributed by atoms with Gasteiger partial charge in [0.05, 0.1) is 16.7 Å². The Bertz CT molecular complexity index is 1380. The summed E-state index contributed by atoms with van der Waals surface area (Å²) in [5.74, 6) is 0.252. The predicted molar refractivity (Wildman–Crippen MR) is 104 cm³/mol. The third-order valence-corrected chi connectivity index (χ3v) is 4.60. The third-order valence-electron chi connectivity index (χ3n) is 4.30. The number of nitriles is 1. The largest absolute Gasteiger partial charge is 0.435 e. The van der Waals surface area contributed by atoms with Crippen molar-refractivity contribution in [1.82, 2.24) is 25.1 Å². The Morgan fingerprint density at radius 2 is 1.96 bits per heavy atom. The molecule has 0 bridgehead atoms. The highest BCUT2D eigenvalue weighted by atomic mass is 35.5. The molecule has 8 nitrogen and oxygen atoms in total. The van der Waals surface area contributed by atoms with E-state index < -0.39 is 0 Å². The van der Waals surface area contributed by atoms with Crippen LogP contribution in [0.2, 0.25) is 5.02 Å². The second-order valence-corrected chi connectivity index (χ2v) is 6.45. The highest BCUT2D eigenvalue weighted by molar-refractivity contribution is 6.35. The molecule has 9 heteroatoms. The number of para-hydroxylation sites is 2. The Hall–Kier alpha value is -3.96. The highest BCUT2D eigenvalue weighted by Crippen LogP contribution is 2.35. The van der Waals surface area contributed by atoms with Gasteiger partial charge in [-0.15, -0.1) is 0 Å². The predicted octanol–water partition coefficient (Wildman–Crippen LogP) is 3.94. The molecule has 0 aliphatic heterocycles. The molecule has 2 aromatic carbocycles. The number of nitrogens with zero attached hydrogens (tertiary/aromatic N) is 5. The quantitative estimate of drug-likeness (QED) is 0.469. The van der Waals surface area contributed by atoms with Gasteiger partial charge in [0, 0.05) is 10.9 Å². The highest BCUT2D eigenvalue weighted by Gasteiger charge is 2.21. The van der Waals surface area contributed by atoms with E-state index in [0.717, 1.165) is 5.39 Å². The average molecular weight is 388 g/mol. The molecular formula is C19H10ClN7O. The number of fused-ring (bicyclic) bond motifs is 2. The molecule has 0 radical (unpaired) electrons. The molecule has 3 heterocycles. The molecule has 0 saturated heterocycles. The van der Waals surface area contributed by atoms with Gasteiger partial charge in [0.2, 0.25) is 5.89 Å². The molecule has 0 spiro atoms. The summed E-state index contributed by atoms with van der Waals surface area (Å²) in [7, 11) is 0. The van der Waals surface area contributed by atoms with Crippen LogP contribution in [0.4, 0.5) is 5.82 Å². The van der Waals surface area contributed by atoms with Crippen molar-refractivity contribution in [3.63, 3.8) is 0 Å². The number of benzene rings is 2. The van der Waals surface area contributed by atoms with Gasteiger partial charge in [-0.25, -0.2) is 15.0 Å². The SMILES string of the molecule is N#Cc1nc(-c2cc(Cl)c3[nH]ncc3c2)c(-c2nc3ccccc3o2)nc1N. The second-order valence-electron chi connectivity index (χ2n) is 6.05. The number of aromatic amines is 1. The molecule has 134 valence electrons. The number of hydrogen-bond acceptors (Lipinski definition) is 7. The van der Waals surface area contributed by atoms with Crippen LogP contribution in [-0.2, 0) is 0 Å². The number of halogens is 1. The van der Waals surface area contributed by atoms with E-state index in [9.17, 15) is 5.26 Å². The summed E-state index contributed by atoms with van der Waals surface area (Å²) in [6.07, 6.45) is 1.65. The number of rotatable bonds is 2. The van der Waals surface area contributed by atoms with Crippen molar-refractivity contribution in [2.45, 2.75) is 0 Å². The number of aromatic nitrogens is 5. The van der Waals surface area contributed by atoms with Crippen LogP contribution in [-0.4, -0.2) is 25.1 Å². The Kier molecular flexibility index (Phi) is 3.50. The molecule has 5 aromatic rings. The molecule has 0 amide bonds. The van der Waals surface area contributed by atoms with E-state index in [1.807, 2.05) is 30.3 Å². The molecule has 0 fully saturated rings. The number of anilines is 1. The Labute approximate surface area is 162 Å². The van der Waals surface area contributed by atoms with Gasteiger partial charge >= 0.3 is 0 Å². The molecule has 0 aliphatic rings. The molecule has 28 heavy (non-hydrogen) atoms. The van der Waals surface area contributed by atoms with Crippen LogP contribution in [0.1, 0.15) is 5.69 Å². The van der Waals surface area contributed by atoms with Gasteiger partial charge in [-0.3, -0.25) is 5.10 Å². The summed E-state index contributed by atoms with van der Waals surface area (Å²) in [5, 5.41) is 17.5.